The number of nitrogens with one attached hydrogen (secondary N) is 1. The minimum absolute atomic E-state index is 0.00996. The van der Waals surface area contributed by atoms with E-state index in [1.807, 2.05) is 26.0 Å². The van der Waals surface area contributed by atoms with E-state index >= 15 is 4.79 Å². The number of hydrogen-bond donors (Lipinski definition) is 5. The van der Waals surface area contributed by atoms with Crippen LogP contribution in [0, 0.1) is 57.0 Å². The van der Waals surface area contributed by atoms with Crippen LogP contribution in [0.3, 0.4) is 0 Å². The highest BCUT2D eigenvalue weighted by Gasteiger charge is 2.64. The predicted octanol–water partition coefficient (Wildman–Crippen LogP) is 5.78. The summed E-state index contributed by atoms with van der Waals surface area (Å²) in [4.78, 5) is 67.6. The van der Waals surface area contributed by atoms with Gasteiger partial charge in [0.15, 0.2) is 30.8 Å². The van der Waals surface area contributed by atoms with Gasteiger partial charge in [-0.05, 0) is 89.2 Å². The lowest BCUT2D eigenvalue weighted by atomic mass is 9.49. The van der Waals surface area contributed by atoms with Crippen LogP contribution in [0.2, 0.25) is 0 Å². The van der Waals surface area contributed by atoms with E-state index in [0.29, 0.717) is 23.9 Å². The number of amides is 1. The molecule has 5 saturated heterocycles. The van der Waals surface area contributed by atoms with Gasteiger partial charge in [0, 0.05) is 67.8 Å². The first-order chi connectivity index (χ1) is 39.6. The van der Waals surface area contributed by atoms with Crippen molar-refractivity contribution in [2.24, 2.45) is 46.8 Å². The number of aliphatic hydroxyl groups excluding tert-OH is 4. The van der Waals surface area contributed by atoms with Crippen molar-refractivity contribution >= 4 is 24.1 Å². The number of alkyl carbamates (subject to hydrolysis) is 1. The van der Waals surface area contributed by atoms with Crippen LogP contribution in [0.4, 0.5) is 4.79 Å². The van der Waals surface area contributed by atoms with Crippen molar-refractivity contribution in [1.29, 1.82) is 0 Å². The van der Waals surface area contributed by atoms with Crippen molar-refractivity contribution < 1.29 is 96.6 Å². The lowest BCUT2D eigenvalue weighted by molar-refractivity contribution is -0.584. The fourth-order valence-electron chi connectivity index (χ4n) is 15.7. The summed E-state index contributed by atoms with van der Waals surface area (Å²) in [6.07, 6.45) is -3.30. The Morgan fingerprint density at radius 2 is 1.38 bits per heavy atom. The van der Waals surface area contributed by atoms with E-state index in [1.165, 1.54) is 14.0 Å². The van der Waals surface area contributed by atoms with E-state index in [4.69, 9.17) is 52.1 Å². The van der Waals surface area contributed by atoms with Crippen molar-refractivity contribution in [1.82, 2.24) is 5.32 Å². The molecule has 6 fully saturated rings. The zero-order valence-electron chi connectivity index (χ0n) is 50.4. The van der Waals surface area contributed by atoms with Gasteiger partial charge >= 0.3 is 12.1 Å². The average molecular weight is 1190 g/mol. The Bertz CT molecular complexity index is 2630. The maximum atomic E-state index is 15.5. The fourth-order valence-corrected chi connectivity index (χ4v) is 15.7. The van der Waals surface area contributed by atoms with Gasteiger partial charge in [-0.25, -0.2) is 9.59 Å². The van der Waals surface area contributed by atoms with Crippen LogP contribution in [0.1, 0.15) is 121 Å². The van der Waals surface area contributed by atoms with Crippen LogP contribution >= 0.6 is 0 Å². The molecule has 27 atom stereocenters. The van der Waals surface area contributed by atoms with Crippen LogP contribution < -0.4 is 5.32 Å². The first kappa shape index (κ1) is 64.0. The molecule has 0 aromatic heterocycles. The molecule has 84 heavy (non-hydrogen) atoms. The number of nitrogens with zero attached hydrogens (tertiary/aromatic N) is 1. The number of aliphatic hydroxyl groups is 4. The van der Waals surface area contributed by atoms with Gasteiger partial charge in [-0.2, -0.15) is 0 Å². The molecule has 5 N–H and O–H groups in total. The second-order valence-corrected chi connectivity index (χ2v) is 25.8. The number of hydrogen-bond acceptors (Lipinski definition) is 21. The summed E-state index contributed by atoms with van der Waals surface area (Å²) in [6.45, 7) is 19.8. The van der Waals surface area contributed by atoms with E-state index in [-0.39, 0.29) is 50.4 Å². The Morgan fingerprint density at radius 3 is 2.01 bits per heavy atom. The van der Waals surface area contributed by atoms with E-state index in [2.05, 4.69) is 25.2 Å². The maximum Gasteiger partial charge on any atom is 0.407 e. The zero-order chi connectivity index (χ0) is 61.2. The third-order valence-electron chi connectivity index (χ3n) is 20.2. The van der Waals surface area contributed by atoms with Gasteiger partial charge in [0.2, 0.25) is 11.3 Å². The Hall–Kier alpha value is -4.50. The number of fused-ring (bicyclic) bond motifs is 4. The van der Waals surface area contributed by atoms with Gasteiger partial charge in [0.25, 0.3) is 0 Å². The molecule has 0 aromatic carbocycles. The molecule has 468 valence electrons. The summed E-state index contributed by atoms with van der Waals surface area (Å²) in [5.74, 6) is -5.42. The number of Topliss-reactive ketones (excluding diaryl/α,β-unsaturated/α-hetero) is 1. The number of carbonyl (C=O) groups is 4. The minimum Gasteiger partial charge on any atom is -0.511 e. The SMILES string of the molecule is COC(=O)NC1C(C)OC(OC2CC=C(C)C3C=CC4C(OC5CC(OC6CC(O)C(OC7CC(O)C(OC)C(C)O7)C(C)O6)C(O)C(C)O5)C(C)CC(C)C4C3(C)C(O)=C3C(=O)OC4(CC(C)C(C=O)=CC4C=C2C)C3=O)CC1(C)[N+](=O)[O-]. The number of ether oxygens (including phenoxy) is 11. The molecular weight excluding hydrogens is 1100 g/mol. The lowest BCUT2D eigenvalue weighted by Gasteiger charge is -2.56. The fraction of sp³-hybridized carbons (Fsp3) is 0.770. The van der Waals surface area contributed by atoms with Crippen LogP contribution in [0.5, 0.6) is 0 Å². The Morgan fingerprint density at radius 1 is 0.762 bits per heavy atom. The average Bonchev–Trinajstić information content (AvgIpc) is 2.80. The topological polar surface area (TPSA) is 306 Å². The summed E-state index contributed by atoms with van der Waals surface area (Å²) in [5, 5.41) is 62.2. The maximum absolute atomic E-state index is 15.5. The van der Waals surface area contributed by atoms with Gasteiger partial charge in [-0.3, -0.25) is 19.7 Å². The second-order valence-electron chi connectivity index (χ2n) is 25.8. The molecule has 0 radical (unpaired) electrons. The molecule has 5 heterocycles. The molecule has 1 saturated carbocycles. The van der Waals surface area contributed by atoms with Crippen LogP contribution in [0.15, 0.2) is 58.4 Å². The number of ketones is 1. The monoisotopic (exact) mass is 1180 g/mol. The van der Waals surface area contributed by atoms with Crippen molar-refractivity contribution in [2.75, 3.05) is 14.2 Å². The second kappa shape index (κ2) is 24.9. The largest absolute Gasteiger partial charge is 0.511 e. The first-order valence-corrected chi connectivity index (χ1v) is 29.8. The highest BCUT2D eigenvalue weighted by atomic mass is 16.7. The summed E-state index contributed by atoms with van der Waals surface area (Å²) in [6, 6.07) is -1.09. The zero-order valence-corrected chi connectivity index (χ0v) is 50.4. The van der Waals surface area contributed by atoms with E-state index in [9.17, 15) is 44.9 Å². The van der Waals surface area contributed by atoms with Gasteiger partial charge < -0.3 is 77.8 Å². The van der Waals surface area contributed by atoms with Crippen molar-refractivity contribution in [2.45, 2.75) is 237 Å². The summed E-state index contributed by atoms with van der Waals surface area (Å²) in [5.41, 5.74) is -3.76. The van der Waals surface area contributed by atoms with Crippen LogP contribution in [-0.4, -0.2) is 179 Å². The molecule has 23 nitrogen and oxygen atoms in total. The summed E-state index contributed by atoms with van der Waals surface area (Å²) >= 11 is 0. The third kappa shape index (κ3) is 11.7. The predicted molar refractivity (Wildman–Crippen MR) is 297 cm³/mol. The number of esters is 1. The standard InChI is InChI=1S/C61H88N2O21/c1-27-14-17-42(80-47-25-59(10,63(72)73)54(35(9)79-47)62-58(71)75-13)28(2)19-37-20-36(26-64)31(5)24-61(37)56(69)48(57(70)84-61)55(68)60(11)39(27)16-15-38-49(60)29(3)18-30(4)51(38)82-46-23-43(50(67)32(6)76-46)81-44-22-41(66)53(34(8)78-44)83-45-21-40(65)52(74-12)33(7)77-45/h14-16,19-20,26,29-35,37-47,49-54,65-68H,17-18,21-25H2,1-13H3,(H,62,71). The first-order valence-electron chi connectivity index (χ1n) is 29.8. The van der Waals surface area contributed by atoms with Crippen LogP contribution in [-0.2, 0) is 66.5 Å². The Balaban J connectivity index is 1.01. The molecule has 27 unspecified atom stereocenters. The number of aldehydes is 1. The van der Waals surface area contributed by atoms with Gasteiger partial charge in [-0.1, -0.05) is 63.6 Å². The van der Waals surface area contributed by atoms with Gasteiger partial charge in [0.1, 0.15) is 42.0 Å². The third-order valence-corrected chi connectivity index (χ3v) is 20.2. The highest BCUT2D eigenvalue weighted by Crippen LogP contribution is 2.61. The highest BCUT2D eigenvalue weighted by molar-refractivity contribution is 6.26. The Kier molecular flexibility index (Phi) is 19.0. The van der Waals surface area contributed by atoms with E-state index in [0.717, 1.165) is 12.7 Å². The quantitative estimate of drug-likeness (QED) is 0.0386. The van der Waals surface area contributed by atoms with Gasteiger partial charge in [-0.15, -0.1) is 0 Å². The van der Waals surface area contributed by atoms with Crippen LogP contribution in [0.25, 0.3) is 0 Å². The minimum atomic E-state index is -1.87. The number of allylic oxidation sites excluding steroid dienone is 4. The lowest BCUT2D eigenvalue weighted by Crippen LogP contribution is -2.65. The molecule has 9 aliphatic rings. The molecule has 23 heteroatoms. The van der Waals surface area contributed by atoms with Gasteiger partial charge in [0.05, 0.1) is 68.5 Å². The summed E-state index contributed by atoms with van der Waals surface area (Å²) < 4.78 is 67.8. The molecule has 1 amide bonds. The number of methoxy groups -OCH3 is 2. The number of carbonyl (C=O) groups excluding carboxylic acids is 4. The molecule has 1 spiro atoms. The molecular formula is C61H88N2O21. The normalized spacial score (nSPS) is 47.2. The summed E-state index contributed by atoms with van der Waals surface area (Å²) in [7, 11) is 2.66. The Labute approximate surface area is 490 Å². The molecule has 4 aliphatic carbocycles. The number of rotatable bonds is 12. The molecule has 2 bridgehead atoms. The smallest absolute Gasteiger partial charge is 0.407 e. The van der Waals surface area contributed by atoms with Crippen molar-refractivity contribution in [3.8, 4) is 0 Å². The van der Waals surface area contributed by atoms with Crippen molar-refractivity contribution in [3.63, 3.8) is 0 Å². The number of nitro groups is 1. The molecule has 9 rings (SSSR count). The van der Waals surface area contributed by atoms with E-state index in [1.54, 1.807) is 53.7 Å². The molecule has 0 aromatic rings. The molecule has 5 aliphatic heterocycles. The van der Waals surface area contributed by atoms with E-state index < -0.39 is 185 Å². The van der Waals surface area contributed by atoms with Crippen molar-refractivity contribution in [3.05, 3.63) is 68.5 Å².